The molecule has 2 amide bonds. The molecule has 184 valence electrons. The first-order chi connectivity index (χ1) is 15.3. The van der Waals surface area contributed by atoms with Crippen LogP contribution < -0.4 is 11.5 Å². The number of piperidine rings is 1. The van der Waals surface area contributed by atoms with Crippen LogP contribution in [0.15, 0.2) is 11.8 Å². The molecule has 7 heteroatoms. The average Bonchev–Trinajstić information content (AvgIpc) is 3.04. The van der Waals surface area contributed by atoms with E-state index < -0.39 is 5.60 Å². The van der Waals surface area contributed by atoms with Crippen LogP contribution in [0.1, 0.15) is 73.1 Å². The molecule has 3 fully saturated rings. The lowest BCUT2D eigenvalue weighted by atomic mass is 9.49. The average molecular weight is 460 g/mol. The van der Waals surface area contributed by atoms with Gasteiger partial charge in [-0.1, -0.05) is 13.8 Å². The third-order valence-electron chi connectivity index (χ3n) is 9.51. The van der Waals surface area contributed by atoms with E-state index in [1.807, 2.05) is 20.8 Å². The number of primary amides is 1. The standard InChI is InChI=1S/C26H41N3O4/c1-24(2,3)33-23(32)29-14-17-19-7-6-18(16(13-27)22(28)31)25(19,4)11-9-20(17)26(5)10-8-15(30)12-21(26)29/h12,16-20H,6-11,13-14,27H2,1-5H3,(H2,28,31)/t16?,17-,18?,19-,20+,25+,26+/m0/s1. The number of nitrogens with two attached hydrogens (primary N) is 2. The SMILES string of the molecule is CC(C)(C)OC(=O)N1C[C@@H]2[C@@H](CC[C@]3(C)C(C(CN)C(N)=O)CC[C@@H]23)[C@@]2(C)CCC(=O)C=C12. The number of ether oxygens (including phenoxy) is 1. The molecule has 4 rings (SSSR count). The fourth-order valence-electron chi connectivity index (χ4n) is 7.97. The van der Waals surface area contributed by atoms with Crippen LogP contribution in [-0.2, 0) is 14.3 Å². The summed E-state index contributed by atoms with van der Waals surface area (Å²) in [6.07, 6.45) is 6.62. The van der Waals surface area contributed by atoms with E-state index in [1.165, 1.54) is 0 Å². The topological polar surface area (TPSA) is 116 Å². The van der Waals surface area contributed by atoms with E-state index in [4.69, 9.17) is 16.2 Å². The van der Waals surface area contributed by atoms with E-state index in [2.05, 4.69) is 13.8 Å². The zero-order valence-electron chi connectivity index (χ0n) is 20.9. The summed E-state index contributed by atoms with van der Waals surface area (Å²) in [6, 6.07) is 0. The molecule has 4 N–H and O–H groups in total. The number of rotatable bonds is 3. The van der Waals surface area contributed by atoms with Crippen LogP contribution in [0, 0.1) is 40.4 Å². The highest BCUT2D eigenvalue weighted by Gasteiger charge is 2.62. The van der Waals surface area contributed by atoms with E-state index in [0.29, 0.717) is 30.7 Å². The number of likely N-dealkylation sites (tertiary alicyclic amines) is 1. The molecule has 7 nitrogen and oxygen atoms in total. The predicted octanol–water partition coefficient (Wildman–Crippen LogP) is 3.61. The molecule has 0 aromatic rings. The highest BCUT2D eigenvalue weighted by Crippen LogP contribution is 2.66. The molecule has 4 aliphatic rings. The van der Waals surface area contributed by atoms with Crippen molar-refractivity contribution in [1.82, 2.24) is 4.90 Å². The lowest BCUT2D eigenvalue weighted by molar-refractivity contribution is -0.127. The van der Waals surface area contributed by atoms with Crippen LogP contribution in [0.4, 0.5) is 4.79 Å². The number of carbonyl (C=O) groups is 3. The zero-order valence-corrected chi connectivity index (χ0v) is 20.9. The van der Waals surface area contributed by atoms with Crippen molar-refractivity contribution in [2.45, 2.75) is 78.7 Å². The number of carbonyl (C=O) groups excluding carboxylic acids is 3. The maximum absolute atomic E-state index is 13.3. The van der Waals surface area contributed by atoms with Crippen LogP contribution in [0.2, 0.25) is 0 Å². The second kappa shape index (κ2) is 8.10. The molecule has 1 heterocycles. The second-order valence-electron chi connectivity index (χ2n) is 12.4. The minimum Gasteiger partial charge on any atom is -0.443 e. The highest BCUT2D eigenvalue weighted by molar-refractivity contribution is 5.92. The number of fused-ring (bicyclic) bond motifs is 5. The zero-order chi connectivity index (χ0) is 24.3. The summed E-state index contributed by atoms with van der Waals surface area (Å²) in [5, 5.41) is 0. The lowest BCUT2D eigenvalue weighted by Gasteiger charge is -2.60. The van der Waals surface area contributed by atoms with E-state index in [0.717, 1.165) is 37.8 Å². The molecule has 7 atom stereocenters. The summed E-state index contributed by atoms with van der Waals surface area (Å²) >= 11 is 0. The minimum atomic E-state index is -0.612. The van der Waals surface area contributed by atoms with Crippen LogP contribution in [0.3, 0.4) is 0 Å². The van der Waals surface area contributed by atoms with Crippen LogP contribution >= 0.6 is 0 Å². The normalized spacial score (nSPS) is 39.2. The smallest absolute Gasteiger partial charge is 0.414 e. The molecule has 0 bridgehead atoms. The van der Waals surface area contributed by atoms with Gasteiger partial charge >= 0.3 is 6.09 Å². The van der Waals surface area contributed by atoms with E-state index in [9.17, 15) is 14.4 Å². The largest absolute Gasteiger partial charge is 0.443 e. The molecule has 0 spiro atoms. The molecule has 2 unspecified atom stereocenters. The molecular weight excluding hydrogens is 418 g/mol. The van der Waals surface area contributed by atoms with Gasteiger partial charge in [0, 0.05) is 36.7 Å². The van der Waals surface area contributed by atoms with E-state index >= 15 is 0 Å². The van der Waals surface area contributed by atoms with Gasteiger partial charge in [0.15, 0.2) is 5.78 Å². The van der Waals surface area contributed by atoms with E-state index in [-0.39, 0.29) is 47.0 Å². The van der Waals surface area contributed by atoms with Crippen molar-refractivity contribution in [1.29, 1.82) is 0 Å². The van der Waals surface area contributed by atoms with Crippen LogP contribution in [-0.4, -0.2) is 41.4 Å². The number of hydrogen-bond donors (Lipinski definition) is 2. The first kappa shape index (κ1) is 24.2. The summed E-state index contributed by atoms with van der Waals surface area (Å²) in [5.74, 6) is 0.742. The summed E-state index contributed by atoms with van der Waals surface area (Å²) in [4.78, 5) is 39.7. The second-order valence-corrected chi connectivity index (χ2v) is 12.4. The number of amides is 2. The number of allylic oxidation sites excluding steroid dienone is 2. The minimum absolute atomic E-state index is 0.0259. The van der Waals surface area contributed by atoms with Gasteiger partial charge in [0.1, 0.15) is 5.60 Å². The fourth-order valence-corrected chi connectivity index (χ4v) is 7.97. The quantitative estimate of drug-likeness (QED) is 0.669. The summed E-state index contributed by atoms with van der Waals surface area (Å²) in [6.45, 7) is 11.0. The Balaban J connectivity index is 1.71. The maximum atomic E-state index is 13.3. The van der Waals surface area contributed by atoms with Gasteiger partial charge in [-0.15, -0.1) is 0 Å². The summed E-state index contributed by atoms with van der Waals surface area (Å²) in [7, 11) is 0. The predicted molar refractivity (Wildman–Crippen MR) is 126 cm³/mol. The number of nitrogens with zero attached hydrogens (tertiary/aromatic N) is 1. The molecule has 3 aliphatic carbocycles. The molecule has 1 aliphatic heterocycles. The third-order valence-corrected chi connectivity index (χ3v) is 9.51. The lowest BCUT2D eigenvalue weighted by Crippen LogP contribution is -2.59. The Labute approximate surface area is 197 Å². The highest BCUT2D eigenvalue weighted by atomic mass is 16.6. The Morgan fingerprint density at radius 2 is 1.88 bits per heavy atom. The van der Waals surface area contributed by atoms with Gasteiger partial charge in [-0.05, 0) is 82.0 Å². The molecule has 0 aromatic carbocycles. The van der Waals surface area contributed by atoms with Crippen molar-refractivity contribution < 1.29 is 19.1 Å². The molecular formula is C26H41N3O4. The first-order valence-corrected chi connectivity index (χ1v) is 12.6. The van der Waals surface area contributed by atoms with Gasteiger partial charge in [0.05, 0.1) is 5.92 Å². The van der Waals surface area contributed by atoms with Gasteiger partial charge in [0.25, 0.3) is 0 Å². The van der Waals surface area contributed by atoms with Crippen molar-refractivity contribution in [2.75, 3.05) is 13.1 Å². The Hall–Kier alpha value is -1.89. The monoisotopic (exact) mass is 459 g/mol. The summed E-state index contributed by atoms with van der Waals surface area (Å²) < 4.78 is 5.79. The maximum Gasteiger partial charge on any atom is 0.414 e. The van der Waals surface area contributed by atoms with Gasteiger partial charge in [0.2, 0.25) is 5.91 Å². The van der Waals surface area contributed by atoms with Crippen molar-refractivity contribution in [3.8, 4) is 0 Å². The Bertz CT molecular complexity index is 877. The Morgan fingerprint density at radius 1 is 1.18 bits per heavy atom. The number of hydrogen-bond acceptors (Lipinski definition) is 5. The number of ketones is 1. The van der Waals surface area contributed by atoms with Gasteiger partial charge in [-0.3, -0.25) is 14.5 Å². The van der Waals surface area contributed by atoms with Crippen LogP contribution in [0.25, 0.3) is 0 Å². The Morgan fingerprint density at radius 3 is 2.48 bits per heavy atom. The molecule has 1 saturated heterocycles. The molecule has 2 saturated carbocycles. The van der Waals surface area contributed by atoms with Crippen LogP contribution in [0.5, 0.6) is 0 Å². The van der Waals surface area contributed by atoms with Gasteiger partial charge < -0.3 is 16.2 Å². The van der Waals surface area contributed by atoms with Gasteiger partial charge in [-0.2, -0.15) is 0 Å². The molecule has 0 radical (unpaired) electrons. The van der Waals surface area contributed by atoms with Crippen molar-refractivity contribution in [3.63, 3.8) is 0 Å². The van der Waals surface area contributed by atoms with Crippen molar-refractivity contribution in [2.24, 2.45) is 51.9 Å². The van der Waals surface area contributed by atoms with Crippen molar-refractivity contribution >= 4 is 17.8 Å². The van der Waals surface area contributed by atoms with E-state index in [1.54, 1.807) is 11.0 Å². The fraction of sp³-hybridized carbons (Fsp3) is 0.808. The van der Waals surface area contributed by atoms with Gasteiger partial charge in [-0.25, -0.2) is 4.79 Å². The first-order valence-electron chi connectivity index (χ1n) is 12.6. The van der Waals surface area contributed by atoms with Crippen molar-refractivity contribution in [3.05, 3.63) is 11.8 Å². The molecule has 0 aromatic heterocycles. The third kappa shape index (κ3) is 3.90. The summed E-state index contributed by atoms with van der Waals surface area (Å²) in [5.41, 5.74) is 11.7. The Kier molecular flexibility index (Phi) is 5.95. The molecule has 33 heavy (non-hydrogen) atoms.